The molecule has 2 rings (SSSR count). The van der Waals surface area contributed by atoms with Gasteiger partial charge in [0, 0.05) is 6.54 Å². The number of nitrogens with one attached hydrogen (secondary N) is 2. The van der Waals surface area contributed by atoms with Gasteiger partial charge in [-0.15, -0.1) is 0 Å². The van der Waals surface area contributed by atoms with E-state index in [0.717, 1.165) is 5.56 Å². The number of carbonyl (C=O) groups is 1. The molecule has 1 aromatic carbocycles. The van der Waals surface area contributed by atoms with Gasteiger partial charge in [0.15, 0.2) is 0 Å². The fourth-order valence-corrected chi connectivity index (χ4v) is 1.63. The van der Waals surface area contributed by atoms with Crippen molar-refractivity contribution < 1.29 is 9.18 Å². The summed E-state index contributed by atoms with van der Waals surface area (Å²) in [6, 6.07) is 6.19. The van der Waals surface area contributed by atoms with Gasteiger partial charge in [0.05, 0.1) is 5.92 Å². The van der Waals surface area contributed by atoms with E-state index in [9.17, 15) is 9.18 Å². The average molecular weight is 194 g/mol. The van der Waals surface area contributed by atoms with Crippen LogP contribution in [0.4, 0.5) is 4.39 Å². The highest BCUT2D eigenvalue weighted by atomic mass is 19.1. The Hall–Kier alpha value is -1.42. The largest absolute Gasteiger partial charge is 0.291 e. The van der Waals surface area contributed by atoms with Crippen LogP contribution in [-0.2, 0) is 4.79 Å². The number of hydrogen-bond acceptors (Lipinski definition) is 2. The van der Waals surface area contributed by atoms with Crippen molar-refractivity contribution in [2.45, 2.75) is 12.3 Å². The third-order valence-electron chi connectivity index (χ3n) is 2.34. The first-order valence-electron chi connectivity index (χ1n) is 4.55. The van der Waals surface area contributed by atoms with Crippen molar-refractivity contribution in [3.8, 4) is 0 Å². The second-order valence-corrected chi connectivity index (χ2v) is 3.31. The zero-order chi connectivity index (χ0) is 9.97. The first-order chi connectivity index (χ1) is 6.77. The fraction of sp³-hybridized carbons (Fsp3) is 0.300. The number of hydrogen-bond donors (Lipinski definition) is 2. The van der Waals surface area contributed by atoms with E-state index in [0.29, 0.717) is 13.0 Å². The van der Waals surface area contributed by atoms with E-state index in [1.807, 2.05) is 0 Å². The maximum atomic E-state index is 12.9. The van der Waals surface area contributed by atoms with Crippen LogP contribution in [0.1, 0.15) is 17.9 Å². The fourth-order valence-electron chi connectivity index (χ4n) is 1.63. The molecule has 1 fully saturated rings. The lowest BCUT2D eigenvalue weighted by Gasteiger charge is -2.22. The molecule has 0 aromatic heterocycles. The third-order valence-corrected chi connectivity index (χ3v) is 2.34. The molecular formula is C10H11FN2O. The van der Waals surface area contributed by atoms with Crippen LogP contribution in [0.3, 0.4) is 0 Å². The Balaban J connectivity index is 2.24. The summed E-state index contributed by atoms with van der Waals surface area (Å²) < 4.78 is 12.9. The number of carbonyl (C=O) groups excluding carboxylic acids is 1. The highest BCUT2D eigenvalue weighted by Crippen LogP contribution is 2.21. The van der Waals surface area contributed by atoms with Gasteiger partial charge in [-0.3, -0.25) is 10.2 Å². The number of halogens is 1. The molecule has 2 N–H and O–H groups in total. The molecule has 1 aliphatic rings. The first-order valence-corrected chi connectivity index (χ1v) is 4.55. The molecule has 0 bridgehead atoms. The number of rotatable bonds is 1. The summed E-state index contributed by atoms with van der Waals surface area (Å²) in [5, 5.41) is 0. The molecule has 1 saturated heterocycles. The van der Waals surface area contributed by atoms with E-state index in [2.05, 4.69) is 10.9 Å². The van der Waals surface area contributed by atoms with Crippen molar-refractivity contribution >= 4 is 5.91 Å². The number of benzene rings is 1. The van der Waals surface area contributed by atoms with Gasteiger partial charge >= 0.3 is 0 Å². The lowest BCUT2D eigenvalue weighted by Crippen LogP contribution is -2.46. The molecule has 1 aromatic rings. The summed E-state index contributed by atoms with van der Waals surface area (Å²) >= 11 is 0. The third kappa shape index (κ3) is 1.75. The molecule has 74 valence electrons. The predicted molar refractivity (Wildman–Crippen MR) is 49.9 cm³/mol. The molecule has 3 nitrogen and oxygen atoms in total. The summed E-state index contributed by atoms with van der Waals surface area (Å²) in [4.78, 5) is 11.4. The van der Waals surface area contributed by atoms with Gasteiger partial charge in [-0.1, -0.05) is 12.1 Å². The molecule has 0 spiro atoms. The molecule has 14 heavy (non-hydrogen) atoms. The van der Waals surface area contributed by atoms with Crippen molar-refractivity contribution in [2.75, 3.05) is 6.54 Å². The van der Waals surface area contributed by atoms with E-state index in [1.54, 1.807) is 12.1 Å². The molecule has 1 heterocycles. The monoisotopic (exact) mass is 194 g/mol. The van der Waals surface area contributed by atoms with Gasteiger partial charge in [-0.25, -0.2) is 9.82 Å². The van der Waals surface area contributed by atoms with Crippen LogP contribution in [0.25, 0.3) is 0 Å². The average Bonchev–Trinajstić information content (AvgIpc) is 2.18. The van der Waals surface area contributed by atoms with Crippen LogP contribution >= 0.6 is 0 Å². The van der Waals surface area contributed by atoms with Crippen LogP contribution in [0.5, 0.6) is 0 Å². The van der Waals surface area contributed by atoms with Crippen LogP contribution in [0, 0.1) is 5.82 Å². The zero-order valence-electron chi connectivity index (χ0n) is 7.59. The minimum absolute atomic E-state index is 0.0955. The lowest BCUT2D eigenvalue weighted by molar-refractivity contribution is -0.125. The second-order valence-electron chi connectivity index (χ2n) is 3.31. The molecule has 0 saturated carbocycles. The maximum absolute atomic E-state index is 12.9. The molecule has 4 heteroatoms. The Labute approximate surface area is 81.3 Å². The molecule has 1 aliphatic heterocycles. The highest BCUT2D eigenvalue weighted by molar-refractivity contribution is 5.83. The smallest absolute Gasteiger partial charge is 0.241 e. The van der Waals surface area contributed by atoms with Crippen molar-refractivity contribution in [2.24, 2.45) is 0 Å². The van der Waals surface area contributed by atoms with Crippen LogP contribution in [-0.4, -0.2) is 12.5 Å². The van der Waals surface area contributed by atoms with Gasteiger partial charge in [0.1, 0.15) is 5.82 Å². The van der Waals surface area contributed by atoms with Crippen molar-refractivity contribution in [1.29, 1.82) is 0 Å². The van der Waals surface area contributed by atoms with E-state index < -0.39 is 0 Å². The summed E-state index contributed by atoms with van der Waals surface area (Å²) in [6.07, 6.45) is 0.704. The maximum Gasteiger partial charge on any atom is 0.241 e. The molecule has 1 unspecified atom stereocenters. The Kier molecular flexibility index (Phi) is 2.45. The Morgan fingerprint density at radius 1 is 1.43 bits per heavy atom. The van der Waals surface area contributed by atoms with Gasteiger partial charge in [-0.2, -0.15) is 0 Å². The number of amides is 1. The van der Waals surface area contributed by atoms with Crippen molar-refractivity contribution in [3.63, 3.8) is 0 Å². The van der Waals surface area contributed by atoms with Gasteiger partial charge in [0.2, 0.25) is 5.91 Å². The highest BCUT2D eigenvalue weighted by Gasteiger charge is 2.23. The summed E-state index contributed by atoms with van der Waals surface area (Å²) in [6.45, 7) is 0.715. The summed E-state index contributed by atoms with van der Waals surface area (Å²) in [5.74, 6) is -0.623. The van der Waals surface area contributed by atoms with E-state index in [1.165, 1.54) is 12.1 Å². The van der Waals surface area contributed by atoms with Gasteiger partial charge < -0.3 is 0 Å². The summed E-state index contributed by atoms with van der Waals surface area (Å²) in [7, 11) is 0. The SMILES string of the molecule is O=C1NNCCC1c1cccc(F)c1. The van der Waals surface area contributed by atoms with Crippen LogP contribution in [0.2, 0.25) is 0 Å². The molecule has 1 amide bonds. The Morgan fingerprint density at radius 3 is 3.00 bits per heavy atom. The molecular weight excluding hydrogens is 183 g/mol. The van der Waals surface area contributed by atoms with E-state index in [-0.39, 0.29) is 17.6 Å². The zero-order valence-corrected chi connectivity index (χ0v) is 7.59. The first kappa shape index (κ1) is 9.15. The molecule has 0 aliphatic carbocycles. The van der Waals surface area contributed by atoms with Gasteiger partial charge in [-0.05, 0) is 24.1 Å². The quantitative estimate of drug-likeness (QED) is 0.698. The Morgan fingerprint density at radius 2 is 2.29 bits per heavy atom. The standard InChI is InChI=1S/C10H11FN2O/c11-8-3-1-2-7(6-8)9-4-5-12-13-10(9)14/h1-3,6,9,12H,4-5H2,(H,13,14). The second kappa shape index (κ2) is 3.75. The van der Waals surface area contributed by atoms with Crippen molar-refractivity contribution in [3.05, 3.63) is 35.6 Å². The van der Waals surface area contributed by atoms with E-state index >= 15 is 0 Å². The van der Waals surface area contributed by atoms with Crippen molar-refractivity contribution in [1.82, 2.24) is 10.9 Å². The number of hydrazine groups is 1. The predicted octanol–water partition coefficient (Wildman–Crippen LogP) is 0.934. The van der Waals surface area contributed by atoms with E-state index in [4.69, 9.17) is 0 Å². The molecule has 1 atom stereocenters. The topological polar surface area (TPSA) is 41.1 Å². The Bertz CT molecular complexity index is 354. The molecule has 0 radical (unpaired) electrons. The lowest BCUT2D eigenvalue weighted by atomic mass is 9.94. The normalized spacial score (nSPS) is 21.8. The van der Waals surface area contributed by atoms with Crippen LogP contribution in [0.15, 0.2) is 24.3 Å². The van der Waals surface area contributed by atoms with Gasteiger partial charge in [0.25, 0.3) is 0 Å². The minimum atomic E-state index is -0.297. The summed E-state index contributed by atoms with van der Waals surface area (Å²) in [5.41, 5.74) is 6.03. The minimum Gasteiger partial charge on any atom is -0.291 e. The van der Waals surface area contributed by atoms with Crippen LogP contribution < -0.4 is 10.9 Å².